The van der Waals surface area contributed by atoms with Crippen LogP contribution in [0, 0.1) is 0 Å². The maximum atomic E-state index is 5.55. The highest BCUT2D eigenvalue weighted by Crippen LogP contribution is 2.17. The van der Waals surface area contributed by atoms with Gasteiger partial charge in [0.1, 0.15) is 6.10 Å². The molecule has 5 nitrogen and oxygen atoms in total. The molecule has 1 heterocycles. The summed E-state index contributed by atoms with van der Waals surface area (Å²) in [5, 5.41) is 6.97. The minimum absolute atomic E-state index is 0.232. The highest BCUT2D eigenvalue weighted by Gasteiger charge is 2.13. The van der Waals surface area contributed by atoms with Crippen LogP contribution in [0.2, 0.25) is 0 Å². The van der Waals surface area contributed by atoms with Crippen molar-refractivity contribution in [1.29, 1.82) is 0 Å². The van der Waals surface area contributed by atoms with Gasteiger partial charge < -0.3 is 10.5 Å². The van der Waals surface area contributed by atoms with Gasteiger partial charge in [-0.2, -0.15) is 5.10 Å². The summed E-state index contributed by atoms with van der Waals surface area (Å²) >= 11 is 0. The first-order chi connectivity index (χ1) is 7.85. The molecule has 0 saturated heterocycles. The maximum Gasteiger partial charge on any atom is 0.181 e. The molecule has 0 aliphatic heterocycles. The van der Waals surface area contributed by atoms with Crippen molar-refractivity contribution in [3.05, 3.63) is 36.2 Å². The van der Waals surface area contributed by atoms with Gasteiger partial charge in [-0.15, -0.1) is 0 Å². The molecule has 2 rings (SSSR count). The summed E-state index contributed by atoms with van der Waals surface area (Å²) in [7, 11) is 1.60. The number of aromatic nitrogens is 3. The van der Waals surface area contributed by atoms with Gasteiger partial charge in [0.15, 0.2) is 11.6 Å². The number of hydrogen-bond acceptors (Lipinski definition) is 4. The number of ether oxygens (including phenoxy) is 1. The lowest BCUT2D eigenvalue weighted by Crippen LogP contribution is -2.15. The zero-order valence-corrected chi connectivity index (χ0v) is 9.05. The minimum atomic E-state index is -0.232. The first-order valence-corrected chi connectivity index (χ1v) is 5.05. The molecule has 0 aliphatic rings. The molecule has 0 radical (unpaired) electrons. The van der Waals surface area contributed by atoms with E-state index in [0.717, 1.165) is 5.56 Å². The average molecular weight is 218 g/mol. The van der Waals surface area contributed by atoms with Gasteiger partial charge in [-0.25, -0.2) is 4.98 Å². The first kappa shape index (κ1) is 10.8. The second kappa shape index (κ2) is 4.87. The molecule has 16 heavy (non-hydrogen) atoms. The van der Waals surface area contributed by atoms with Crippen molar-refractivity contribution in [2.45, 2.75) is 6.10 Å². The highest BCUT2D eigenvalue weighted by molar-refractivity contribution is 5.53. The lowest BCUT2D eigenvalue weighted by atomic mass is 10.2. The Morgan fingerprint density at radius 2 is 2.12 bits per heavy atom. The molecule has 0 saturated carbocycles. The van der Waals surface area contributed by atoms with E-state index in [0.29, 0.717) is 18.2 Å². The molecular weight excluding hydrogens is 204 g/mol. The number of H-pyrrole nitrogens is 1. The molecule has 5 heteroatoms. The normalized spacial score (nSPS) is 12.6. The number of rotatable bonds is 4. The Bertz CT molecular complexity index is 436. The number of hydrogen-bond donors (Lipinski definition) is 2. The topological polar surface area (TPSA) is 76.8 Å². The van der Waals surface area contributed by atoms with Crippen molar-refractivity contribution in [3.63, 3.8) is 0 Å². The zero-order chi connectivity index (χ0) is 11.4. The lowest BCUT2D eigenvalue weighted by Gasteiger charge is -2.07. The van der Waals surface area contributed by atoms with Gasteiger partial charge in [0.05, 0.1) is 0 Å². The molecule has 0 spiro atoms. The Balaban J connectivity index is 2.26. The van der Waals surface area contributed by atoms with E-state index >= 15 is 0 Å². The van der Waals surface area contributed by atoms with Crippen LogP contribution in [0.5, 0.6) is 0 Å². The van der Waals surface area contributed by atoms with E-state index in [4.69, 9.17) is 10.5 Å². The van der Waals surface area contributed by atoms with Crippen LogP contribution in [0.15, 0.2) is 30.3 Å². The Hall–Kier alpha value is -1.72. The summed E-state index contributed by atoms with van der Waals surface area (Å²) in [6, 6.07) is 9.76. The quantitative estimate of drug-likeness (QED) is 0.806. The van der Waals surface area contributed by atoms with Crippen molar-refractivity contribution in [2.75, 3.05) is 13.7 Å². The van der Waals surface area contributed by atoms with Crippen molar-refractivity contribution < 1.29 is 4.74 Å². The van der Waals surface area contributed by atoms with Crippen molar-refractivity contribution in [1.82, 2.24) is 15.2 Å². The van der Waals surface area contributed by atoms with Gasteiger partial charge in [0.25, 0.3) is 0 Å². The van der Waals surface area contributed by atoms with E-state index in [1.807, 2.05) is 30.3 Å². The van der Waals surface area contributed by atoms with E-state index in [9.17, 15) is 0 Å². The summed E-state index contributed by atoms with van der Waals surface area (Å²) in [4.78, 5) is 4.35. The minimum Gasteiger partial charge on any atom is -0.372 e. The van der Waals surface area contributed by atoms with E-state index in [1.54, 1.807) is 7.11 Å². The van der Waals surface area contributed by atoms with Crippen molar-refractivity contribution in [2.24, 2.45) is 5.73 Å². The summed E-state index contributed by atoms with van der Waals surface area (Å²) in [6.07, 6.45) is -0.232. The third-order valence-corrected chi connectivity index (χ3v) is 2.34. The van der Waals surface area contributed by atoms with Crippen LogP contribution in [-0.4, -0.2) is 28.8 Å². The number of methoxy groups -OCH3 is 1. The zero-order valence-electron chi connectivity index (χ0n) is 9.05. The maximum absolute atomic E-state index is 5.55. The standard InChI is InChI=1S/C11H14N4O/c1-16-9(7-12)11-13-10(14-15-11)8-5-3-2-4-6-8/h2-6,9H,7,12H2,1H3,(H,13,14,15). The van der Waals surface area contributed by atoms with Gasteiger partial charge in [-0.05, 0) is 0 Å². The van der Waals surface area contributed by atoms with Crippen LogP contribution in [0.25, 0.3) is 11.4 Å². The molecule has 3 N–H and O–H groups in total. The van der Waals surface area contributed by atoms with Crippen molar-refractivity contribution >= 4 is 0 Å². The SMILES string of the molecule is COC(CN)c1nc(-c2ccccc2)n[nH]1. The smallest absolute Gasteiger partial charge is 0.181 e. The Morgan fingerprint density at radius 3 is 2.75 bits per heavy atom. The Morgan fingerprint density at radius 1 is 1.38 bits per heavy atom. The second-order valence-corrected chi connectivity index (χ2v) is 3.37. The molecule has 0 amide bonds. The van der Waals surface area contributed by atoms with E-state index < -0.39 is 0 Å². The summed E-state index contributed by atoms with van der Waals surface area (Å²) in [6.45, 7) is 0.375. The molecule has 0 aliphatic carbocycles. The molecule has 1 unspecified atom stereocenters. The van der Waals surface area contributed by atoms with Crippen LogP contribution >= 0.6 is 0 Å². The molecule has 1 atom stereocenters. The number of nitrogens with two attached hydrogens (primary N) is 1. The lowest BCUT2D eigenvalue weighted by molar-refractivity contribution is 0.103. The molecule has 2 aromatic rings. The monoisotopic (exact) mass is 218 g/mol. The second-order valence-electron chi connectivity index (χ2n) is 3.37. The molecule has 1 aromatic heterocycles. The van der Waals surface area contributed by atoms with Gasteiger partial charge in [-0.3, -0.25) is 5.10 Å². The number of nitrogens with one attached hydrogen (secondary N) is 1. The van der Waals surface area contributed by atoms with Gasteiger partial charge in [0.2, 0.25) is 0 Å². The largest absolute Gasteiger partial charge is 0.372 e. The number of benzene rings is 1. The summed E-state index contributed by atoms with van der Waals surface area (Å²) < 4.78 is 5.18. The van der Waals surface area contributed by atoms with Gasteiger partial charge in [0, 0.05) is 19.2 Å². The van der Waals surface area contributed by atoms with Crippen LogP contribution in [-0.2, 0) is 4.74 Å². The predicted octanol–water partition coefficient (Wildman–Crippen LogP) is 1.12. The van der Waals surface area contributed by atoms with Crippen LogP contribution < -0.4 is 5.73 Å². The fraction of sp³-hybridized carbons (Fsp3) is 0.273. The van der Waals surface area contributed by atoms with Crippen LogP contribution in [0.3, 0.4) is 0 Å². The number of aromatic amines is 1. The van der Waals surface area contributed by atoms with E-state index in [2.05, 4.69) is 15.2 Å². The Labute approximate surface area is 93.7 Å². The molecule has 84 valence electrons. The van der Waals surface area contributed by atoms with E-state index in [1.165, 1.54) is 0 Å². The van der Waals surface area contributed by atoms with Crippen LogP contribution in [0.1, 0.15) is 11.9 Å². The third kappa shape index (κ3) is 2.10. The number of nitrogens with zero attached hydrogens (tertiary/aromatic N) is 2. The molecule has 0 bridgehead atoms. The molecule has 1 aromatic carbocycles. The fourth-order valence-corrected chi connectivity index (χ4v) is 1.45. The van der Waals surface area contributed by atoms with E-state index in [-0.39, 0.29) is 6.10 Å². The summed E-state index contributed by atoms with van der Waals surface area (Å²) in [5.74, 6) is 1.31. The molecular formula is C11H14N4O. The third-order valence-electron chi connectivity index (χ3n) is 2.34. The first-order valence-electron chi connectivity index (χ1n) is 5.05. The fourth-order valence-electron chi connectivity index (χ4n) is 1.45. The highest BCUT2D eigenvalue weighted by atomic mass is 16.5. The van der Waals surface area contributed by atoms with Gasteiger partial charge in [-0.1, -0.05) is 30.3 Å². The Kier molecular flexibility index (Phi) is 3.28. The van der Waals surface area contributed by atoms with Crippen LogP contribution in [0.4, 0.5) is 0 Å². The predicted molar refractivity (Wildman–Crippen MR) is 60.6 cm³/mol. The average Bonchev–Trinajstić information content (AvgIpc) is 2.81. The van der Waals surface area contributed by atoms with Gasteiger partial charge >= 0.3 is 0 Å². The van der Waals surface area contributed by atoms with Crippen molar-refractivity contribution in [3.8, 4) is 11.4 Å². The summed E-state index contributed by atoms with van der Waals surface area (Å²) in [5.41, 5.74) is 6.52. The molecule has 0 fully saturated rings.